The van der Waals surface area contributed by atoms with E-state index in [4.69, 9.17) is 34.2 Å². The van der Waals surface area contributed by atoms with Crippen LogP contribution in [0.1, 0.15) is 27.7 Å². The number of pyridine rings is 4. The fourth-order valence-corrected chi connectivity index (χ4v) is 16.0. The number of hydrogen-bond donors (Lipinski definition) is 0. The molecule has 1 aliphatic rings. The lowest BCUT2D eigenvalue weighted by atomic mass is 9.78. The van der Waals surface area contributed by atoms with Crippen LogP contribution in [0, 0.1) is 0 Å². The Morgan fingerprint density at radius 1 is 0.279 bits per heavy atom. The summed E-state index contributed by atoms with van der Waals surface area (Å²) in [6.07, 6.45) is 7.46. The van der Waals surface area contributed by atoms with Gasteiger partial charge >= 0.3 is 7.12 Å². The number of imidazole rings is 2. The summed E-state index contributed by atoms with van der Waals surface area (Å²) in [7, 11) is -0.350. The molecule has 0 aliphatic carbocycles. The van der Waals surface area contributed by atoms with Crippen molar-refractivity contribution in [1.82, 2.24) is 39.0 Å². The van der Waals surface area contributed by atoms with E-state index in [0.717, 1.165) is 151 Å². The SMILES string of the molecule is Brc1ccc(-c2ccc(-c3nc4ccccc4n3-c3ccccc3)nc2)nc1.CC1(C)OB(c2ccc(-c3ccc(N(c4ccccc4)c4cccc5ccccc45)cc3)cc2)OC1(C)C.c1ccc(N(c2ccc(-c3ccc(-c4ccc(-c5ccc(-c6nc7ccccc7n6-c6ccccc6)nc5)nc4)cc3)cc2)c2cccc3ccccc23)cc1. The van der Waals surface area contributed by atoms with Crippen LogP contribution < -0.4 is 15.3 Å². The minimum Gasteiger partial charge on any atom is -0.399 e. The molecular weight excluding hydrogens is 1560 g/mol. The first-order chi connectivity index (χ1) is 59.9. The van der Waals surface area contributed by atoms with E-state index in [9.17, 15) is 0 Å². The quantitative estimate of drug-likeness (QED) is 0.0867. The van der Waals surface area contributed by atoms with Crippen LogP contribution in [0.4, 0.5) is 34.1 Å². The van der Waals surface area contributed by atoms with Gasteiger partial charge in [-0.2, -0.15) is 0 Å². The van der Waals surface area contributed by atoms with Gasteiger partial charge in [0.15, 0.2) is 11.6 Å². The molecule has 6 aromatic heterocycles. The van der Waals surface area contributed by atoms with Gasteiger partial charge in [-0.05, 0) is 239 Å². The summed E-state index contributed by atoms with van der Waals surface area (Å²) >= 11 is 3.42. The normalized spacial score (nSPS) is 12.7. The molecular formula is C108H82BBrN10O2. The largest absolute Gasteiger partial charge is 0.494 e. The highest BCUT2D eigenvalue weighted by Crippen LogP contribution is 2.44. The van der Waals surface area contributed by atoms with E-state index in [0.29, 0.717) is 0 Å². The average molecular weight is 1640 g/mol. The van der Waals surface area contributed by atoms with Crippen molar-refractivity contribution in [3.63, 3.8) is 0 Å². The van der Waals surface area contributed by atoms with Crippen molar-refractivity contribution in [1.29, 1.82) is 0 Å². The molecule has 0 amide bonds. The number of hydrogen-bond acceptors (Lipinski definition) is 10. The first-order valence-electron chi connectivity index (χ1n) is 40.9. The van der Waals surface area contributed by atoms with Crippen LogP contribution in [0.3, 0.4) is 0 Å². The lowest BCUT2D eigenvalue weighted by Gasteiger charge is -2.32. The average Bonchev–Trinajstić information content (AvgIpc) is 1.61. The standard InChI is InChI=1S/C51H35N5.C34H32BNO2.C23H15BrN4/c1-3-14-42(15-4-1)55(49-21-11-13-39-12-7-8-18-45(39)49)44-30-26-37(27-31-44)36-22-24-38(25-23-36)40-28-32-46(52-34-40)41-29-33-48(53-35-41)51-54-47-19-9-10-20-50(47)56(51)43-16-5-2-6-17-43;1-33(2)34(3,4)38-35(37-33)28-21-17-25(18-22-28)26-19-23-30(24-20-26)36(29-13-6-5-7-14-29)32-16-10-12-27-11-8-9-15-31(27)32;24-17-11-13-19(26-15-17)16-10-12-21(25-14-16)23-27-20-8-4-5-9-22(20)28(23)18-6-2-1-3-7-18/h1-35H;5-24H,1-4H3;1-15H. The highest BCUT2D eigenvalue weighted by atomic mass is 79.9. The number of aromatic nitrogens is 8. The molecule has 14 aromatic carbocycles. The van der Waals surface area contributed by atoms with Gasteiger partial charge in [0.05, 0.1) is 56.0 Å². The van der Waals surface area contributed by atoms with E-state index in [1.54, 1.807) is 6.20 Å². The molecule has 0 saturated carbocycles. The minimum absolute atomic E-state index is 0.346. The van der Waals surface area contributed by atoms with Gasteiger partial charge in [-0.25, -0.2) is 9.97 Å². The summed E-state index contributed by atoms with van der Waals surface area (Å²) in [5.74, 6) is 1.63. The first kappa shape index (κ1) is 77.1. The molecule has 12 nitrogen and oxygen atoms in total. The lowest BCUT2D eigenvalue weighted by Crippen LogP contribution is -2.41. The minimum atomic E-state index is -0.350. The van der Waals surface area contributed by atoms with E-state index < -0.39 is 0 Å². The van der Waals surface area contributed by atoms with E-state index in [1.165, 1.54) is 27.1 Å². The summed E-state index contributed by atoms with van der Waals surface area (Å²) in [5, 5.41) is 4.88. The first-order valence-corrected chi connectivity index (χ1v) is 41.7. The zero-order chi connectivity index (χ0) is 82.5. The molecule has 0 spiro atoms. The topological polar surface area (TPSA) is 112 Å². The van der Waals surface area contributed by atoms with Gasteiger partial charge in [0.25, 0.3) is 0 Å². The zero-order valence-electron chi connectivity index (χ0n) is 67.7. The fourth-order valence-electron chi connectivity index (χ4n) is 15.8. The van der Waals surface area contributed by atoms with E-state index in [2.05, 4.69) is 365 Å². The molecule has 586 valence electrons. The van der Waals surface area contributed by atoms with Gasteiger partial charge < -0.3 is 19.1 Å². The Bertz CT molecular complexity index is 7000. The molecule has 1 aliphatic heterocycles. The third kappa shape index (κ3) is 15.9. The Hall–Kier alpha value is -14.8. The van der Waals surface area contributed by atoms with Gasteiger partial charge in [0.2, 0.25) is 0 Å². The smallest absolute Gasteiger partial charge is 0.399 e. The Kier molecular flexibility index (Phi) is 21.4. The van der Waals surface area contributed by atoms with Crippen LogP contribution in [0.25, 0.3) is 134 Å². The van der Waals surface area contributed by atoms with Crippen molar-refractivity contribution in [2.24, 2.45) is 0 Å². The van der Waals surface area contributed by atoms with Crippen molar-refractivity contribution in [2.45, 2.75) is 38.9 Å². The molecule has 20 aromatic rings. The summed E-state index contributed by atoms with van der Waals surface area (Å²) in [6, 6.07) is 139. The second-order valence-electron chi connectivity index (χ2n) is 31.1. The van der Waals surface area contributed by atoms with Crippen LogP contribution >= 0.6 is 15.9 Å². The Morgan fingerprint density at radius 2 is 0.598 bits per heavy atom. The fraction of sp³-hybridized carbons (Fsp3) is 0.0556. The van der Waals surface area contributed by atoms with Gasteiger partial charge in [-0.1, -0.05) is 249 Å². The van der Waals surface area contributed by atoms with Crippen molar-refractivity contribution >= 4 is 106 Å². The van der Waals surface area contributed by atoms with E-state index in [1.807, 2.05) is 122 Å². The van der Waals surface area contributed by atoms with Crippen LogP contribution in [0.2, 0.25) is 0 Å². The van der Waals surface area contributed by atoms with Crippen LogP contribution in [-0.2, 0) is 9.31 Å². The molecule has 0 N–H and O–H groups in total. The van der Waals surface area contributed by atoms with E-state index in [-0.39, 0.29) is 18.3 Å². The number of para-hydroxylation sites is 8. The molecule has 122 heavy (non-hydrogen) atoms. The summed E-state index contributed by atoms with van der Waals surface area (Å²) in [5.41, 5.74) is 25.4. The highest BCUT2D eigenvalue weighted by Gasteiger charge is 2.51. The Balaban J connectivity index is 0.000000129. The van der Waals surface area contributed by atoms with Gasteiger partial charge in [-0.3, -0.25) is 29.1 Å². The molecule has 14 heteroatoms. The Labute approximate surface area is 718 Å². The second-order valence-corrected chi connectivity index (χ2v) is 32.0. The molecule has 0 atom stereocenters. The maximum absolute atomic E-state index is 6.22. The molecule has 1 saturated heterocycles. The van der Waals surface area contributed by atoms with Crippen molar-refractivity contribution in [3.8, 4) is 90.3 Å². The van der Waals surface area contributed by atoms with Crippen molar-refractivity contribution in [2.75, 3.05) is 9.80 Å². The number of nitrogens with zero attached hydrogens (tertiary/aromatic N) is 10. The molecule has 7 heterocycles. The van der Waals surface area contributed by atoms with Gasteiger partial charge in [0, 0.05) is 90.8 Å². The number of anilines is 6. The maximum atomic E-state index is 6.22. The summed E-state index contributed by atoms with van der Waals surface area (Å²) < 4.78 is 17.7. The molecule has 21 rings (SSSR count). The van der Waals surface area contributed by atoms with Crippen LogP contribution in [0.5, 0.6) is 0 Å². The zero-order valence-corrected chi connectivity index (χ0v) is 69.2. The Morgan fingerprint density at radius 3 is 1.01 bits per heavy atom. The number of benzene rings is 14. The molecule has 0 unspecified atom stereocenters. The second kappa shape index (κ2) is 33.9. The number of halogens is 1. The van der Waals surface area contributed by atoms with Gasteiger partial charge in [0.1, 0.15) is 11.4 Å². The predicted molar refractivity (Wildman–Crippen MR) is 506 cm³/mol. The summed E-state index contributed by atoms with van der Waals surface area (Å²) in [6.45, 7) is 8.33. The van der Waals surface area contributed by atoms with Crippen molar-refractivity contribution in [3.05, 3.63) is 430 Å². The van der Waals surface area contributed by atoms with E-state index >= 15 is 0 Å². The monoisotopic (exact) mass is 1640 g/mol. The summed E-state index contributed by atoms with van der Waals surface area (Å²) in [4.78, 5) is 33.3. The third-order valence-corrected chi connectivity index (χ3v) is 23.3. The number of rotatable bonds is 16. The predicted octanol–water partition coefficient (Wildman–Crippen LogP) is 27.3. The van der Waals surface area contributed by atoms with Gasteiger partial charge in [-0.15, -0.1) is 0 Å². The number of fused-ring (bicyclic) bond motifs is 4. The highest BCUT2D eigenvalue weighted by molar-refractivity contribution is 9.10. The van der Waals surface area contributed by atoms with Crippen LogP contribution in [-0.4, -0.2) is 57.4 Å². The van der Waals surface area contributed by atoms with Crippen molar-refractivity contribution < 1.29 is 9.31 Å². The third-order valence-electron chi connectivity index (χ3n) is 22.8. The maximum Gasteiger partial charge on any atom is 0.494 e. The molecule has 1 fully saturated rings. The molecule has 0 radical (unpaired) electrons. The lowest BCUT2D eigenvalue weighted by molar-refractivity contribution is 0.00578. The molecule has 0 bridgehead atoms. The van der Waals surface area contributed by atoms with Crippen LogP contribution in [0.15, 0.2) is 430 Å².